The molecule has 156 valence electrons. The van der Waals surface area contributed by atoms with E-state index in [9.17, 15) is 5.11 Å². The monoisotopic (exact) mass is 433 g/mol. The van der Waals surface area contributed by atoms with Crippen LogP contribution in [-0.4, -0.2) is 37.8 Å². The van der Waals surface area contributed by atoms with Crippen molar-refractivity contribution in [3.05, 3.63) is 69.2 Å². The van der Waals surface area contributed by atoms with Crippen LogP contribution < -0.4 is 4.74 Å². The number of hydrogen-bond acceptors (Lipinski definition) is 3. The van der Waals surface area contributed by atoms with E-state index in [4.69, 9.17) is 27.9 Å². The summed E-state index contributed by atoms with van der Waals surface area (Å²) in [5.41, 5.74) is 1.68. The van der Waals surface area contributed by atoms with Crippen LogP contribution in [0.2, 0.25) is 10.0 Å². The number of methoxy groups -OCH3 is 1. The molecule has 1 N–H and O–H groups in total. The fourth-order valence-corrected chi connectivity index (χ4v) is 4.84. The van der Waals surface area contributed by atoms with E-state index in [1.807, 2.05) is 50.5 Å². The van der Waals surface area contributed by atoms with Crippen LogP contribution in [0.5, 0.6) is 5.75 Å². The minimum Gasteiger partial charge on any atom is -0.497 e. The van der Waals surface area contributed by atoms with Gasteiger partial charge in [0.2, 0.25) is 0 Å². The maximum Gasteiger partial charge on any atom is 0.118 e. The molecule has 2 unspecified atom stereocenters. The summed E-state index contributed by atoms with van der Waals surface area (Å²) < 4.78 is 5.27. The second-order valence-corrected chi connectivity index (χ2v) is 8.95. The third-order valence-corrected chi connectivity index (χ3v) is 6.11. The summed E-state index contributed by atoms with van der Waals surface area (Å²) in [4.78, 5) is 2.14. The molecule has 0 aromatic heterocycles. The van der Waals surface area contributed by atoms with Crippen molar-refractivity contribution < 1.29 is 9.84 Å². The third kappa shape index (κ3) is 5.16. The van der Waals surface area contributed by atoms with E-state index in [0.717, 1.165) is 54.7 Å². The van der Waals surface area contributed by atoms with E-state index in [2.05, 4.69) is 11.0 Å². The Morgan fingerprint density at radius 1 is 1.10 bits per heavy atom. The topological polar surface area (TPSA) is 32.7 Å². The number of hydrogen-bond donors (Lipinski definition) is 1. The number of benzene rings is 2. The maximum absolute atomic E-state index is 12.3. The van der Waals surface area contributed by atoms with Gasteiger partial charge in [-0.2, -0.15) is 0 Å². The highest BCUT2D eigenvalue weighted by Crippen LogP contribution is 2.46. The lowest BCUT2D eigenvalue weighted by Crippen LogP contribution is -2.41. The molecule has 1 aliphatic carbocycles. The highest BCUT2D eigenvalue weighted by atomic mass is 35.5. The zero-order valence-corrected chi connectivity index (χ0v) is 18.8. The molecule has 1 saturated carbocycles. The predicted molar refractivity (Wildman–Crippen MR) is 122 cm³/mol. The quantitative estimate of drug-likeness (QED) is 0.584. The SMILES string of the molecule is COc1ccc(C=C2CCCCC(CN(C)C)C2(O)c2cc(Cl)cc(Cl)c2)cc1. The first-order valence-electron chi connectivity index (χ1n) is 10.0. The zero-order valence-electron chi connectivity index (χ0n) is 17.3. The van der Waals surface area contributed by atoms with Gasteiger partial charge >= 0.3 is 0 Å². The lowest BCUT2D eigenvalue weighted by molar-refractivity contribution is 0.000497. The maximum atomic E-state index is 12.3. The van der Waals surface area contributed by atoms with Crippen molar-refractivity contribution in [2.24, 2.45) is 5.92 Å². The average Bonchev–Trinajstić information content (AvgIpc) is 2.82. The van der Waals surface area contributed by atoms with Gasteiger partial charge in [-0.15, -0.1) is 0 Å². The van der Waals surface area contributed by atoms with Crippen molar-refractivity contribution in [3.8, 4) is 5.75 Å². The number of rotatable bonds is 5. The van der Waals surface area contributed by atoms with E-state index in [-0.39, 0.29) is 5.92 Å². The van der Waals surface area contributed by atoms with Crippen LogP contribution in [0.25, 0.3) is 6.08 Å². The van der Waals surface area contributed by atoms with E-state index in [1.54, 1.807) is 13.2 Å². The highest BCUT2D eigenvalue weighted by Gasteiger charge is 2.43. The fraction of sp³-hybridized carbons (Fsp3) is 0.417. The molecule has 2 aromatic carbocycles. The van der Waals surface area contributed by atoms with Gasteiger partial charge in [-0.1, -0.05) is 47.8 Å². The fourth-order valence-electron chi connectivity index (χ4n) is 4.31. The number of ether oxygens (including phenoxy) is 1. The van der Waals surface area contributed by atoms with Gasteiger partial charge in [0.25, 0.3) is 0 Å². The van der Waals surface area contributed by atoms with Crippen molar-refractivity contribution in [1.29, 1.82) is 0 Å². The van der Waals surface area contributed by atoms with Crippen molar-refractivity contribution in [1.82, 2.24) is 4.90 Å². The number of nitrogens with zero attached hydrogens (tertiary/aromatic N) is 1. The summed E-state index contributed by atoms with van der Waals surface area (Å²) in [7, 11) is 5.75. The molecule has 0 saturated heterocycles. The lowest BCUT2D eigenvalue weighted by atomic mass is 9.74. The summed E-state index contributed by atoms with van der Waals surface area (Å²) >= 11 is 12.7. The van der Waals surface area contributed by atoms with Crippen LogP contribution in [0.3, 0.4) is 0 Å². The predicted octanol–water partition coefficient (Wildman–Crippen LogP) is 6.03. The first-order chi connectivity index (χ1) is 13.8. The molecule has 5 heteroatoms. The van der Waals surface area contributed by atoms with Crippen LogP contribution in [0.4, 0.5) is 0 Å². The molecule has 0 bridgehead atoms. The minimum absolute atomic E-state index is 0.0408. The molecule has 3 rings (SSSR count). The van der Waals surface area contributed by atoms with Gasteiger partial charge in [0.1, 0.15) is 11.4 Å². The molecule has 0 amide bonds. The van der Waals surface area contributed by atoms with Crippen molar-refractivity contribution in [2.45, 2.75) is 31.3 Å². The van der Waals surface area contributed by atoms with E-state index in [0.29, 0.717) is 10.0 Å². The molecular weight excluding hydrogens is 405 g/mol. The molecule has 0 aliphatic heterocycles. The molecular formula is C24H29Cl2NO2. The molecule has 0 heterocycles. The Kier molecular flexibility index (Phi) is 7.28. The van der Waals surface area contributed by atoms with Crippen LogP contribution in [-0.2, 0) is 5.60 Å². The first kappa shape index (κ1) is 22.2. The second-order valence-electron chi connectivity index (χ2n) is 8.07. The smallest absolute Gasteiger partial charge is 0.118 e. The normalized spacial score (nSPS) is 24.0. The Balaban J connectivity index is 2.14. The Labute approximate surface area is 183 Å². The van der Waals surface area contributed by atoms with Gasteiger partial charge in [-0.3, -0.25) is 0 Å². The van der Waals surface area contributed by atoms with Crippen LogP contribution in [0.15, 0.2) is 48.0 Å². The summed E-state index contributed by atoms with van der Waals surface area (Å²) in [5.74, 6) is 0.856. The molecule has 2 aromatic rings. The minimum atomic E-state index is -1.13. The molecule has 1 aliphatic rings. The van der Waals surface area contributed by atoms with Gasteiger partial charge < -0.3 is 14.7 Å². The van der Waals surface area contributed by atoms with Crippen molar-refractivity contribution in [3.63, 3.8) is 0 Å². The van der Waals surface area contributed by atoms with E-state index >= 15 is 0 Å². The summed E-state index contributed by atoms with van der Waals surface area (Å²) in [6.45, 7) is 0.778. The Morgan fingerprint density at radius 3 is 2.34 bits per heavy atom. The molecule has 3 nitrogen and oxygen atoms in total. The Hall–Kier alpha value is -1.52. The van der Waals surface area contributed by atoms with Gasteiger partial charge in [0.15, 0.2) is 0 Å². The Morgan fingerprint density at radius 2 is 1.76 bits per heavy atom. The molecule has 2 atom stereocenters. The van der Waals surface area contributed by atoms with Crippen LogP contribution >= 0.6 is 23.2 Å². The van der Waals surface area contributed by atoms with Gasteiger partial charge in [-0.25, -0.2) is 0 Å². The van der Waals surface area contributed by atoms with E-state index in [1.165, 1.54) is 0 Å². The largest absolute Gasteiger partial charge is 0.497 e. The van der Waals surface area contributed by atoms with E-state index < -0.39 is 5.60 Å². The highest BCUT2D eigenvalue weighted by molar-refractivity contribution is 6.34. The lowest BCUT2D eigenvalue weighted by Gasteiger charge is -2.39. The first-order valence-corrected chi connectivity index (χ1v) is 10.8. The standard InChI is InChI=1S/C24H29Cl2NO2/c1-27(2)16-19-7-5-4-6-18(12-17-8-10-23(29-3)11-9-17)24(19,28)20-13-21(25)15-22(26)14-20/h8-15,19,28H,4-7,16H2,1-3H3. The molecule has 0 radical (unpaired) electrons. The molecule has 29 heavy (non-hydrogen) atoms. The molecule has 1 fully saturated rings. The van der Waals surface area contributed by atoms with Gasteiger partial charge in [0.05, 0.1) is 7.11 Å². The average molecular weight is 434 g/mol. The van der Waals surface area contributed by atoms with Crippen molar-refractivity contribution in [2.75, 3.05) is 27.7 Å². The van der Waals surface area contributed by atoms with Gasteiger partial charge in [0, 0.05) is 22.5 Å². The zero-order chi connectivity index (χ0) is 21.0. The second kappa shape index (κ2) is 9.53. The third-order valence-electron chi connectivity index (χ3n) is 5.67. The van der Waals surface area contributed by atoms with Crippen LogP contribution in [0, 0.1) is 5.92 Å². The number of aliphatic hydroxyl groups is 1. The summed E-state index contributed by atoms with van der Waals surface area (Å²) in [6, 6.07) is 13.3. The van der Waals surface area contributed by atoms with Crippen LogP contribution in [0.1, 0.15) is 36.8 Å². The summed E-state index contributed by atoms with van der Waals surface area (Å²) in [6.07, 6.45) is 6.01. The summed E-state index contributed by atoms with van der Waals surface area (Å²) in [5, 5.41) is 13.3. The molecule has 0 spiro atoms. The number of halogens is 2. The Bertz CT molecular complexity index is 843. The van der Waals surface area contributed by atoms with Crippen molar-refractivity contribution >= 4 is 29.3 Å². The van der Waals surface area contributed by atoms with Gasteiger partial charge in [-0.05, 0) is 80.4 Å².